The molecule has 154 valence electrons. The molecule has 1 saturated heterocycles. The van der Waals surface area contributed by atoms with Gasteiger partial charge < -0.3 is 14.5 Å². The highest BCUT2D eigenvalue weighted by atomic mass is 16.2. The predicted octanol–water partition coefficient (Wildman–Crippen LogP) is 2.05. The van der Waals surface area contributed by atoms with E-state index in [-0.39, 0.29) is 22.9 Å². The van der Waals surface area contributed by atoms with Crippen molar-refractivity contribution >= 4 is 16.8 Å². The number of rotatable bonds is 4. The molecule has 3 aromatic rings. The molecule has 0 spiro atoms. The maximum absolute atomic E-state index is 12.8. The molecule has 4 heterocycles. The third kappa shape index (κ3) is 3.44. The van der Waals surface area contributed by atoms with Crippen LogP contribution in [0.5, 0.6) is 0 Å². The molecule has 30 heavy (non-hydrogen) atoms. The number of carbonyl (C=O) groups is 1. The first-order chi connectivity index (χ1) is 14.6. The van der Waals surface area contributed by atoms with Gasteiger partial charge in [-0.25, -0.2) is 4.98 Å². The number of aromatic nitrogens is 3. The Morgan fingerprint density at radius 2 is 1.93 bits per heavy atom. The lowest BCUT2D eigenvalue weighted by Gasteiger charge is -2.42. The van der Waals surface area contributed by atoms with Gasteiger partial charge >= 0.3 is 0 Å². The fourth-order valence-corrected chi connectivity index (χ4v) is 4.92. The van der Waals surface area contributed by atoms with Gasteiger partial charge in [0, 0.05) is 50.2 Å². The lowest BCUT2D eigenvalue weighted by atomic mass is 9.83. The normalized spacial score (nSPS) is 20.2. The lowest BCUT2D eigenvalue weighted by molar-refractivity contribution is -0.134. The van der Waals surface area contributed by atoms with Crippen LogP contribution in [0.1, 0.15) is 36.7 Å². The summed E-state index contributed by atoms with van der Waals surface area (Å²) in [6.45, 7) is 2.07. The molecular weight excluding hydrogens is 380 g/mol. The molecular formula is C23H24N4O3. The molecule has 1 amide bonds. The Hall–Kier alpha value is -3.22. The Balaban J connectivity index is 1.23. The number of pyridine rings is 1. The lowest BCUT2D eigenvalue weighted by Crippen LogP contribution is -2.49. The first kappa shape index (κ1) is 18.8. The number of hydrogen-bond acceptors (Lipinski definition) is 4. The number of H-pyrrole nitrogens is 1. The Morgan fingerprint density at radius 1 is 1.07 bits per heavy atom. The van der Waals surface area contributed by atoms with Gasteiger partial charge in [-0.05, 0) is 37.0 Å². The van der Waals surface area contributed by atoms with Crippen LogP contribution < -0.4 is 11.1 Å². The highest BCUT2D eigenvalue weighted by molar-refractivity contribution is 5.77. The maximum Gasteiger partial charge on any atom is 0.258 e. The number of carbonyl (C=O) groups excluding carboxylic acids is 1. The number of aromatic amines is 1. The first-order valence-corrected chi connectivity index (χ1v) is 10.5. The number of fused-ring (bicyclic) bond motifs is 5. The Labute approximate surface area is 173 Å². The summed E-state index contributed by atoms with van der Waals surface area (Å²) < 4.78 is 1.88. The van der Waals surface area contributed by atoms with Gasteiger partial charge in [-0.3, -0.25) is 14.4 Å². The highest BCUT2D eigenvalue weighted by Gasteiger charge is 2.35. The van der Waals surface area contributed by atoms with Gasteiger partial charge in [-0.2, -0.15) is 0 Å². The van der Waals surface area contributed by atoms with Crippen LogP contribution in [0, 0.1) is 5.92 Å². The molecule has 1 fully saturated rings. The number of likely N-dealkylation sites (tertiary alicyclic amines) is 1. The largest absolute Gasteiger partial charge is 0.342 e. The van der Waals surface area contributed by atoms with Gasteiger partial charge in [-0.1, -0.05) is 18.2 Å². The minimum atomic E-state index is -0.139. The molecule has 0 radical (unpaired) electrons. The molecule has 2 bridgehead atoms. The summed E-state index contributed by atoms with van der Waals surface area (Å²) in [6.07, 6.45) is 2.67. The third-order valence-electron chi connectivity index (χ3n) is 6.30. The number of nitrogens with zero attached hydrogens (tertiary/aromatic N) is 3. The van der Waals surface area contributed by atoms with Crippen molar-refractivity contribution in [2.45, 2.75) is 38.1 Å². The fourth-order valence-electron chi connectivity index (χ4n) is 4.92. The van der Waals surface area contributed by atoms with Gasteiger partial charge in [0.25, 0.3) is 11.1 Å². The van der Waals surface area contributed by atoms with Gasteiger partial charge in [0.2, 0.25) is 5.91 Å². The summed E-state index contributed by atoms with van der Waals surface area (Å²) in [7, 11) is 0. The van der Waals surface area contributed by atoms with E-state index >= 15 is 0 Å². The molecule has 0 saturated carbocycles. The van der Waals surface area contributed by atoms with Crippen molar-refractivity contribution < 1.29 is 4.79 Å². The second kappa shape index (κ2) is 7.55. The van der Waals surface area contributed by atoms with Crippen molar-refractivity contribution in [1.29, 1.82) is 0 Å². The highest BCUT2D eigenvalue weighted by Crippen LogP contribution is 2.35. The van der Waals surface area contributed by atoms with Crippen LogP contribution in [-0.4, -0.2) is 38.4 Å². The first-order valence-electron chi connectivity index (χ1n) is 10.5. The van der Waals surface area contributed by atoms with Crippen molar-refractivity contribution in [1.82, 2.24) is 19.4 Å². The second-order valence-corrected chi connectivity index (χ2v) is 8.38. The molecule has 2 aromatic heterocycles. The van der Waals surface area contributed by atoms with Gasteiger partial charge in [-0.15, -0.1) is 0 Å². The monoisotopic (exact) mass is 404 g/mol. The number of para-hydroxylation sites is 1. The summed E-state index contributed by atoms with van der Waals surface area (Å²) in [5, 5.41) is 0.580. The van der Waals surface area contributed by atoms with E-state index in [0.717, 1.165) is 12.1 Å². The van der Waals surface area contributed by atoms with Crippen molar-refractivity contribution in [2.24, 2.45) is 5.92 Å². The summed E-state index contributed by atoms with van der Waals surface area (Å²) in [6, 6.07) is 12.7. The number of aryl methyl sites for hydroxylation is 1. The Kier molecular flexibility index (Phi) is 4.73. The number of nitrogens with one attached hydrogen (secondary N) is 1. The van der Waals surface area contributed by atoms with Crippen molar-refractivity contribution in [3.05, 3.63) is 74.7 Å². The zero-order chi connectivity index (χ0) is 20.7. The molecule has 2 aliphatic heterocycles. The molecule has 1 aromatic carbocycles. The molecule has 7 heteroatoms. The molecule has 1 N–H and O–H groups in total. The van der Waals surface area contributed by atoms with E-state index < -0.39 is 0 Å². The predicted molar refractivity (Wildman–Crippen MR) is 113 cm³/mol. The second-order valence-electron chi connectivity index (χ2n) is 8.38. The van der Waals surface area contributed by atoms with E-state index in [1.807, 2.05) is 39.8 Å². The fraction of sp³-hybridized carbons (Fsp3) is 0.391. The van der Waals surface area contributed by atoms with Crippen LogP contribution in [0.2, 0.25) is 0 Å². The maximum atomic E-state index is 12.8. The summed E-state index contributed by atoms with van der Waals surface area (Å²) in [5.41, 5.74) is 1.65. The minimum Gasteiger partial charge on any atom is -0.342 e. The van der Waals surface area contributed by atoms with Gasteiger partial charge in [0.15, 0.2) is 0 Å². The van der Waals surface area contributed by atoms with Crippen molar-refractivity contribution in [3.63, 3.8) is 0 Å². The van der Waals surface area contributed by atoms with Gasteiger partial charge in [0.1, 0.15) is 5.82 Å². The molecule has 2 aliphatic rings. The van der Waals surface area contributed by atoms with Crippen molar-refractivity contribution in [3.8, 4) is 0 Å². The average molecular weight is 404 g/mol. The smallest absolute Gasteiger partial charge is 0.258 e. The summed E-state index contributed by atoms with van der Waals surface area (Å²) >= 11 is 0. The minimum absolute atomic E-state index is 0.0545. The van der Waals surface area contributed by atoms with Crippen LogP contribution in [0.15, 0.2) is 52.1 Å². The molecule has 0 aliphatic carbocycles. The summed E-state index contributed by atoms with van der Waals surface area (Å²) in [5.74, 6) is 1.32. The van der Waals surface area contributed by atoms with E-state index in [1.165, 1.54) is 0 Å². The van der Waals surface area contributed by atoms with E-state index in [0.29, 0.717) is 61.5 Å². The quantitative estimate of drug-likeness (QED) is 0.721. The zero-order valence-corrected chi connectivity index (χ0v) is 16.7. The number of amides is 1. The van der Waals surface area contributed by atoms with Crippen LogP contribution >= 0.6 is 0 Å². The third-order valence-corrected chi connectivity index (χ3v) is 6.30. The van der Waals surface area contributed by atoms with E-state index in [2.05, 4.69) is 9.97 Å². The SMILES string of the molecule is O=C(CCCc1nc2ccccc2c(=O)[nH]1)N1C[C@@H]2C[C@H](C1)c1cccc(=O)n1C2. The average Bonchev–Trinajstić information content (AvgIpc) is 2.74. The summed E-state index contributed by atoms with van der Waals surface area (Å²) in [4.78, 5) is 46.5. The van der Waals surface area contributed by atoms with Crippen LogP contribution in [0.25, 0.3) is 10.9 Å². The van der Waals surface area contributed by atoms with Crippen LogP contribution in [0.3, 0.4) is 0 Å². The van der Waals surface area contributed by atoms with Gasteiger partial charge in [0.05, 0.1) is 10.9 Å². The van der Waals surface area contributed by atoms with Crippen LogP contribution in [-0.2, 0) is 17.8 Å². The molecule has 2 atom stereocenters. The number of benzene rings is 1. The molecule has 5 rings (SSSR count). The van der Waals surface area contributed by atoms with E-state index in [1.54, 1.807) is 12.1 Å². The standard InChI is InChI=1S/C23H24N4O3/c28-21(9-4-8-20-24-18-6-2-1-5-17(18)23(30)25-20)26-12-15-11-16(14-26)19-7-3-10-22(29)27(19)13-15/h1-3,5-7,10,15-16H,4,8-9,11-14H2,(H,24,25,30)/t15-,16+/m0/s1. The molecule has 0 unspecified atom stereocenters. The number of hydrogen-bond donors (Lipinski definition) is 1. The Morgan fingerprint density at radius 3 is 2.83 bits per heavy atom. The van der Waals surface area contributed by atoms with Crippen LogP contribution in [0.4, 0.5) is 0 Å². The zero-order valence-electron chi connectivity index (χ0n) is 16.7. The van der Waals surface area contributed by atoms with E-state index in [9.17, 15) is 14.4 Å². The number of piperidine rings is 1. The van der Waals surface area contributed by atoms with Crippen molar-refractivity contribution in [2.75, 3.05) is 13.1 Å². The van der Waals surface area contributed by atoms with E-state index in [4.69, 9.17) is 0 Å². The topological polar surface area (TPSA) is 88.1 Å². The Bertz CT molecular complexity index is 1230. The molecule has 7 nitrogen and oxygen atoms in total.